The van der Waals surface area contributed by atoms with Crippen molar-refractivity contribution in [2.24, 2.45) is 0 Å². The highest BCUT2D eigenvalue weighted by Crippen LogP contribution is 2.19. The predicted molar refractivity (Wildman–Crippen MR) is 67.0 cm³/mol. The number of allylic oxidation sites excluding steroid dienone is 1. The molecular formula is C14H20O4. The summed E-state index contributed by atoms with van der Waals surface area (Å²) in [5.74, 6) is -0.301. The van der Waals surface area contributed by atoms with E-state index in [0.717, 1.165) is 19.3 Å². The number of hydrogen-bond acceptors (Lipinski definition) is 4. The van der Waals surface area contributed by atoms with Crippen molar-refractivity contribution < 1.29 is 19.4 Å². The number of ether oxygens (including phenoxy) is 2. The third-order valence-corrected chi connectivity index (χ3v) is 3.22. The topological polar surface area (TPSA) is 55.8 Å². The first-order valence-electron chi connectivity index (χ1n) is 6.53. The molecule has 0 fully saturated rings. The molecule has 2 heterocycles. The van der Waals surface area contributed by atoms with Crippen molar-refractivity contribution in [3.05, 3.63) is 24.3 Å². The van der Waals surface area contributed by atoms with Crippen LogP contribution in [0.15, 0.2) is 24.3 Å². The van der Waals surface area contributed by atoms with Crippen molar-refractivity contribution in [2.75, 3.05) is 0 Å². The lowest BCUT2D eigenvalue weighted by Gasteiger charge is -2.28. The fraction of sp³-hybridized carbons (Fsp3) is 0.643. The lowest BCUT2D eigenvalue weighted by molar-refractivity contribution is -0.154. The fourth-order valence-electron chi connectivity index (χ4n) is 2.20. The molecule has 100 valence electrons. The first-order valence-corrected chi connectivity index (χ1v) is 6.53. The summed E-state index contributed by atoms with van der Waals surface area (Å²) in [6, 6.07) is 0. The molecule has 0 spiro atoms. The number of carbonyl (C=O) groups is 1. The van der Waals surface area contributed by atoms with Crippen LogP contribution >= 0.6 is 0 Å². The van der Waals surface area contributed by atoms with Gasteiger partial charge in [0.1, 0.15) is 0 Å². The second-order valence-electron chi connectivity index (χ2n) is 4.88. The Balaban J connectivity index is 2.08. The molecule has 4 nitrogen and oxygen atoms in total. The maximum absolute atomic E-state index is 11.7. The Bertz CT molecular complexity index is 348. The zero-order valence-electron chi connectivity index (χ0n) is 10.6. The largest absolute Gasteiger partial charge is 0.463 e. The molecule has 0 saturated heterocycles. The number of hydrogen-bond donors (Lipinski definition) is 1. The molecule has 18 heavy (non-hydrogen) atoms. The lowest BCUT2D eigenvalue weighted by Crippen LogP contribution is -2.37. The van der Waals surface area contributed by atoms with E-state index in [-0.39, 0.29) is 24.6 Å². The summed E-state index contributed by atoms with van der Waals surface area (Å²) in [7, 11) is 0. The molecule has 0 aromatic heterocycles. The zero-order valence-corrected chi connectivity index (χ0v) is 10.6. The van der Waals surface area contributed by atoms with Gasteiger partial charge >= 0.3 is 5.97 Å². The van der Waals surface area contributed by atoms with Gasteiger partial charge in [0, 0.05) is 0 Å². The van der Waals surface area contributed by atoms with Crippen LogP contribution in [0.5, 0.6) is 0 Å². The van der Waals surface area contributed by atoms with Crippen molar-refractivity contribution in [1.82, 2.24) is 0 Å². The van der Waals surface area contributed by atoms with Crippen molar-refractivity contribution in [3.63, 3.8) is 0 Å². The van der Waals surface area contributed by atoms with Crippen LogP contribution < -0.4 is 0 Å². The average molecular weight is 252 g/mol. The monoisotopic (exact) mass is 252 g/mol. The molecule has 2 aliphatic rings. The number of esters is 1. The van der Waals surface area contributed by atoms with Gasteiger partial charge < -0.3 is 14.6 Å². The van der Waals surface area contributed by atoms with Gasteiger partial charge in [-0.25, -0.2) is 0 Å². The summed E-state index contributed by atoms with van der Waals surface area (Å²) in [4.78, 5) is 11.7. The summed E-state index contributed by atoms with van der Waals surface area (Å²) in [5.41, 5.74) is 0. The highest BCUT2D eigenvalue weighted by atomic mass is 16.5. The van der Waals surface area contributed by atoms with Crippen LogP contribution in [0.2, 0.25) is 0 Å². The third kappa shape index (κ3) is 3.68. The SMILES string of the molecule is C[C@H]1CCC/C=C/[C@H]2C=CC(O)[C@H](CC(=O)O1)O2. The predicted octanol–water partition coefficient (Wildman–Crippen LogP) is 1.73. The van der Waals surface area contributed by atoms with E-state index in [9.17, 15) is 9.90 Å². The van der Waals surface area contributed by atoms with Crippen LogP contribution in [0.4, 0.5) is 0 Å². The second-order valence-corrected chi connectivity index (χ2v) is 4.88. The molecule has 0 aromatic rings. The van der Waals surface area contributed by atoms with E-state index in [1.54, 1.807) is 6.08 Å². The van der Waals surface area contributed by atoms with Crippen molar-refractivity contribution in [2.45, 2.75) is 57.0 Å². The van der Waals surface area contributed by atoms with Gasteiger partial charge in [0.25, 0.3) is 0 Å². The first-order chi connectivity index (χ1) is 8.65. The Labute approximate surface area is 107 Å². The summed E-state index contributed by atoms with van der Waals surface area (Å²) >= 11 is 0. The molecule has 0 amide bonds. The maximum atomic E-state index is 11.7. The van der Waals surface area contributed by atoms with Gasteiger partial charge in [0.05, 0.1) is 30.8 Å². The number of rotatable bonds is 0. The van der Waals surface area contributed by atoms with Gasteiger partial charge in [-0.2, -0.15) is 0 Å². The summed E-state index contributed by atoms with van der Waals surface area (Å²) in [6.45, 7) is 1.90. The van der Waals surface area contributed by atoms with Gasteiger partial charge in [-0.1, -0.05) is 24.3 Å². The highest BCUT2D eigenvalue weighted by Gasteiger charge is 2.28. The minimum absolute atomic E-state index is 0.0719. The van der Waals surface area contributed by atoms with Crippen LogP contribution in [-0.2, 0) is 14.3 Å². The molecule has 2 aliphatic heterocycles. The van der Waals surface area contributed by atoms with Crippen LogP contribution in [0.3, 0.4) is 0 Å². The van der Waals surface area contributed by atoms with Crippen LogP contribution in [0.1, 0.15) is 32.6 Å². The lowest BCUT2D eigenvalue weighted by atomic mass is 10.0. The number of carbonyl (C=O) groups excluding carboxylic acids is 1. The van der Waals surface area contributed by atoms with E-state index >= 15 is 0 Å². The maximum Gasteiger partial charge on any atom is 0.308 e. The summed E-state index contributed by atoms with van der Waals surface area (Å²) in [6.07, 6.45) is 9.00. The van der Waals surface area contributed by atoms with Gasteiger partial charge in [-0.15, -0.1) is 0 Å². The fourth-order valence-corrected chi connectivity index (χ4v) is 2.20. The minimum atomic E-state index is -0.736. The normalized spacial score (nSPS) is 39.3. The van der Waals surface area contributed by atoms with Gasteiger partial charge in [-0.3, -0.25) is 4.79 Å². The molecule has 4 atom stereocenters. The second kappa shape index (κ2) is 6.16. The highest BCUT2D eigenvalue weighted by molar-refractivity contribution is 5.70. The smallest absolute Gasteiger partial charge is 0.308 e. The Morgan fingerprint density at radius 3 is 3.00 bits per heavy atom. The molecular weight excluding hydrogens is 232 g/mol. The number of aliphatic hydroxyl groups is 1. The molecule has 0 saturated carbocycles. The molecule has 2 rings (SSSR count). The van der Waals surface area contributed by atoms with Crippen molar-refractivity contribution in [1.29, 1.82) is 0 Å². The van der Waals surface area contributed by atoms with Gasteiger partial charge in [0.2, 0.25) is 0 Å². The number of cyclic esters (lactones) is 1. The Morgan fingerprint density at radius 1 is 1.33 bits per heavy atom. The molecule has 0 aromatic carbocycles. The van der Waals surface area contributed by atoms with Crippen LogP contribution in [0.25, 0.3) is 0 Å². The molecule has 1 unspecified atom stereocenters. The number of aliphatic hydroxyl groups excluding tert-OH is 1. The van der Waals surface area contributed by atoms with E-state index in [1.807, 2.05) is 19.1 Å². The van der Waals surface area contributed by atoms with Crippen molar-refractivity contribution in [3.8, 4) is 0 Å². The molecule has 2 bridgehead atoms. The van der Waals surface area contributed by atoms with Crippen LogP contribution in [-0.4, -0.2) is 35.5 Å². The molecule has 4 heteroatoms. The Morgan fingerprint density at radius 2 is 2.17 bits per heavy atom. The molecule has 1 N–H and O–H groups in total. The van der Waals surface area contributed by atoms with E-state index < -0.39 is 12.2 Å². The van der Waals surface area contributed by atoms with Crippen molar-refractivity contribution >= 4 is 5.97 Å². The minimum Gasteiger partial charge on any atom is -0.463 e. The van der Waals surface area contributed by atoms with E-state index in [1.165, 1.54) is 0 Å². The van der Waals surface area contributed by atoms with E-state index in [0.29, 0.717) is 0 Å². The van der Waals surface area contributed by atoms with Gasteiger partial charge in [-0.05, 0) is 26.2 Å². The summed E-state index contributed by atoms with van der Waals surface area (Å²) < 4.78 is 10.9. The first kappa shape index (κ1) is 13.3. The zero-order chi connectivity index (χ0) is 13.0. The molecule has 0 radical (unpaired) electrons. The summed E-state index contributed by atoms with van der Waals surface area (Å²) in [5, 5.41) is 9.77. The van der Waals surface area contributed by atoms with E-state index in [2.05, 4.69) is 6.08 Å². The third-order valence-electron chi connectivity index (χ3n) is 3.22. The van der Waals surface area contributed by atoms with E-state index in [4.69, 9.17) is 9.47 Å². The standard InChI is InChI=1S/C14H20O4/c1-10-5-3-2-4-6-11-7-8-12(15)13(18-11)9-14(16)17-10/h4,6-8,10-13,15H,2-3,5,9H2,1H3/b6-4+/t10-,11-,12?,13-/m0/s1. The quantitative estimate of drug-likeness (QED) is 0.527. The average Bonchev–Trinajstić information content (AvgIpc) is 2.31. The number of fused-ring (bicyclic) bond motifs is 2. The Hall–Kier alpha value is -1.13. The Kier molecular flexibility index (Phi) is 4.55. The molecule has 0 aliphatic carbocycles. The van der Waals surface area contributed by atoms with Crippen LogP contribution in [0, 0.1) is 0 Å². The van der Waals surface area contributed by atoms with Gasteiger partial charge in [0.15, 0.2) is 0 Å².